The van der Waals surface area contributed by atoms with Crippen molar-refractivity contribution < 1.29 is 31.2 Å². The normalized spacial score (nSPS) is 19.0. The van der Waals surface area contributed by atoms with E-state index in [1.807, 2.05) is 0 Å². The summed E-state index contributed by atoms with van der Waals surface area (Å²) in [4.78, 5) is 23.8. The molecule has 1 heterocycles. The van der Waals surface area contributed by atoms with E-state index in [-0.39, 0.29) is 28.5 Å². The van der Waals surface area contributed by atoms with E-state index in [2.05, 4.69) is 10.1 Å². The van der Waals surface area contributed by atoms with E-state index < -0.39 is 44.3 Å². The minimum atomic E-state index is -4.14. The summed E-state index contributed by atoms with van der Waals surface area (Å²) in [7, 11) is -6.15. The molecule has 1 saturated heterocycles. The van der Waals surface area contributed by atoms with Gasteiger partial charge in [0.1, 0.15) is 0 Å². The van der Waals surface area contributed by atoms with Gasteiger partial charge in [-0.05, 0) is 18.6 Å². The number of likely N-dealkylation sites (N-methyl/N-ethyl adjacent to an activating group) is 1. The van der Waals surface area contributed by atoms with Crippen molar-refractivity contribution in [1.82, 2.24) is 9.62 Å². The van der Waals surface area contributed by atoms with Gasteiger partial charge in [0.2, 0.25) is 15.9 Å². The Bertz CT molecular complexity index is 926. The molecule has 1 N–H and O–H groups in total. The molecule has 0 spiro atoms. The van der Waals surface area contributed by atoms with Gasteiger partial charge in [0.25, 0.3) is 0 Å². The molecule has 0 aromatic heterocycles. The third-order valence-electron chi connectivity index (χ3n) is 4.18. The Morgan fingerprint density at radius 2 is 1.96 bits per heavy atom. The highest BCUT2D eigenvalue weighted by Crippen LogP contribution is 2.21. The van der Waals surface area contributed by atoms with Gasteiger partial charge in [-0.15, -0.1) is 0 Å². The Labute approximate surface area is 158 Å². The molecule has 1 unspecified atom stereocenters. The number of nitrogens with one attached hydrogen (secondary N) is 1. The Morgan fingerprint density at radius 3 is 2.52 bits per heavy atom. The predicted octanol–water partition coefficient (Wildman–Crippen LogP) is -0.213. The first-order valence-electron chi connectivity index (χ1n) is 8.28. The van der Waals surface area contributed by atoms with Crippen LogP contribution in [0.3, 0.4) is 0 Å². The lowest BCUT2D eigenvalue weighted by molar-refractivity contribution is -0.121. The van der Waals surface area contributed by atoms with Crippen molar-refractivity contribution in [3.8, 4) is 0 Å². The zero-order chi connectivity index (χ0) is 20.2. The third kappa shape index (κ3) is 5.05. The maximum absolute atomic E-state index is 12.9. The highest BCUT2D eigenvalue weighted by molar-refractivity contribution is 7.91. The minimum absolute atomic E-state index is 0.000240. The van der Waals surface area contributed by atoms with Crippen molar-refractivity contribution in [2.75, 3.05) is 31.7 Å². The van der Waals surface area contributed by atoms with E-state index in [4.69, 9.17) is 0 Å². The summed E-state index contributed by atoms with van der Waals surface area (Å²) in [6, 6.07) is 5.05. The average Bonchev–Trinajstić information content (AvgIpc) is 2.97. The number of carbonyl (C=O) groups excluding carboxylic acids is 2. The number of carbonyl (C=O) groups is 2. The maximum atomic E-state index is 12.9. The molecule has 0 bridgehead atoms. The lowest BCUT2D eigenvalue weighted by Gasteiger charge is -2.22. The Balaban J connectivity index is 2.19. The molecule has 27 heavy (non-hydrogen) atoms. The summed E-state index contributed by atoms with van der Waals surface area (Å²) in [6.07, 6.45) is 0.304. The summed E-state index contributed by atoms with van der Waals surface area (Å²) >= 11 is 0. The summed E-state index contributed by atoms with van der Waals surface area (Å²) in [5, 5.41) is 2.56. The second-order valence-corrected chi connectivity index (χ2v) is 10.2. The molecule has 0 aliphatic carbocycles. The quantitative estimate of drug-likeness (QED) is 0.607. The van der Waals surface area contributed by atoms with Gasteiger partial charge in [0, 0.05) is 12.6 Å². The lowest BCUT2D eigenvalue weighted by atomic mass is 10.2. The molecule has 2 rings (SSSR count). The SMILES string of the molecule is CCN(CC(=O)NC1CCS(=O)(=O)C1)S(=O)(=O)c1ccccc1C(=O)OC. The van der Waals surface area contributed by atoms with E-state index >= 15 is 0 Å². The fraction of sp³-hybridized carbons (Fsp3) is 0.500. The standard InChI is InChI=1S/C16H22N2O7S2/c1-3-18(10-15(19)17-12-8-9-26(21,22)11-12)27(23,24)14-7-5-4-6-13(14)16(20)25-2/h4-7,12H,3,8-11H2,1-2H3,(H,17,19). The molecular weight excluding hydrogens is 396 g/mol. The first kappa shape index (κ1) is 21.3. The second kappa shape index (κ2) is 8.36. The molecule has 150 valence electrons. The molecule has 0 radical (unpaired) electrons. The van der Waals surface area contributed by atoms with E-state index in [9.17, 15) is 26.4 Å². The van der Waals surface area contributed by atoms with Gasteiger partial charge in [-0.25, -0.2) is 21.6 Å². The smallest absolute Gasteiger partial charge is 0.339 e. The van der Waals surface area contributed by atoms with E-state index in [1.54, 1.807) is 6.92 Å². The summed E-state index contributed by atoms with van der Waals surface area (Å²) in [5.41, 5.74) is -0.124. The molecule has 1 amide bonds. The third-order valence-corrected chi connectivity index (χ3v) is 7.93. The van der Waals surface area contributed by atoms with Crippen molar-refractivity contribution in [1.29, 1.82) is 0 Å². The monoisotopic (exact) mass is 418 g/mol. The van der Waals surface area contributed by atoms with Crippen LogP contribution in [0.5, 0.6) is 0 Å². The molecule has 1 fully saturated rings. The number of nitrogens with zero attached hydrogens (tertiary/aromatic N) is 1. The second-order valence-electron chi connectivity index (χ2n) is 6.09. The van der Waals surface area contributed by atoms with Crippen molar-refractivity contribution in [2.24, 2.45) is 0 Å². The first-order chi connectivity index (χ1) is 12.6. The minimum Gasteiger partial charge on any atom is -0.465 e. The van der Waals surface area contributed by atoms with Crippen molar-refractivity contribution in [3.63, 3.8) is 0 Å². The highest BCUT2D eigenvalue weighted by atomic mass is 32.2. The number of rotatable bonds is 7. The molecule has 1 atom stereocenters. The van der Waals surface area contributed by atoms with E-state index in [1.165, 1.54) is 24.3 Å². The van der Waals surface area contributed by atoms with Crippen molar-refractivity contribution in [2.45, 2.75) is 24.3 Å². The molecular formula is C16H22N2O7S2. The van der Waals surface area contributed by atoms with Crippen LogP contribution in [0.4, 0.5) is 0 Å². The van der Waals surface area contributed by atoms with Gasteiger partial charge in [0.15, 0.2) is 9.84 Å². The summed E-state index contributed by atoms with van der Waals surface area (Å²) < 4.78 is 54.3. The topological polar surface area (TPSA) is 127 Å². The van der Waals surface area contributed by atoms with Crippen molar-refractivity contribution >= 4 is 31.7 Å². The molecule has 11 heteroatoms. The van der Waals surface area contributed by atoms with Crippen LogP contribution >= 0.6 is 0 Å². The van der Waals surface area contributed by atoms with Crippen LogP contribution < -0.4 is 5.32 Å². The van der Waals surface area contributed by atoms with Crippen LogP contribution in [0.2, 0.25) is 0 Å². The number of amides is 1. The lowest BCUT2D eigenvalue weighted by Crippen LogP contribution is -2.44. The predicted molar refractivity (Wildman–Crippen MR) is 97.4 cm³/mol. The number of sulfone groups is 1. The largest absolute Gasteiger partial charge is 0.465 e. The van der Waals surface area contributed by atoms with E-state index in [0.29, 0.717) is 6.42 Å². The number of methoxy groups -OCH3 is 1. The van der Waals surface area contributed by atoms with Crippen LogP contribution in [-0.2, 0) is 29.4 Å². The number of sulfonamides is 1. The van der Waals surface area contributed by atoms with Crippen LogP contribution in [0, 0.1) is 0 Å². The zero-order valence-electron chi connectivity index (χ0n) is 15.0. The first-order valence-corrected chi connectivity index (χ1v) is 11.5. The van der Waals surface area contributed by atoms with E-state index in [0.717, 1.165) is 11.4 Å². The van der Waals surface area contributed by atoms with Gasteiger partial charge >= 0.3 is 5.97 Å². The van der Waals surface area contributed by atoms with Gasteiger partial charge < -0.3 is 10.1 Å². The molecule has 0 saturated carbocycles. The Kier molecular flexibility index (Phi) is 6.60. The number of hydrogen-bond donors (Lipinski definition) is 1. The molecule has 1 aromatic rings. The Hall–Kier alpha value is -1.98. The fourth-order valence-electron chi connectivity index (χ4n) is 2.82. The Morgan fingerprint density at radius 1 is 1.30 bits per heavy atom. The fourth-order valence-corrected chi connectivity index (χ4v) is 6.08. The van der Waals surface area contributed by atoms with Crippen molar-refractivity contribution in [3.05, 3.63) is 29.8 Å². The van der Waals surface area contributed by atoms with Gasteiger partial charge in [-0.3, -0.25) is 4.79 Å². The molecule has 9 nitrogen and oxygen atoms in total. The van der Waals surface area contributed by atoms with Crippen LogP contribution in [0.15, 0.2) is 29.2 Å². The maximum Gasteiger partial charge on any atom is 0.339 e. The highest BCUT2D eigenvalue weighted by Gasteiger charge is 2.32. The van der Waals surface area contributed by atoms with Gasteiger partial charge in [-0.1, -0.05) is 19.1 Å². The average molecular weight is 418 g/mol. The molecule has 1 aliphatic rings. The van der Waals surface area contributed by atoms with Gasteiger partial charge in [-0.2, -0.15) is 4.31 Å². The zero-order valence-corrected chi connectivity index (χ0v) is 16.7. The van der Waals surface area contributed by atoms with Crippen LogP contribution in [-0.4, -0.2) is 70.8 Å². The number of hydrogen-bond acceptors (Lipinski definition) is 7. The summed E-state index contributed by atoms with van der Waals surface area (Å²) in [5.74, 6) is -1.55. The van der Waals surface area contributed by atoms with Gasteiger partial charge in [0.05, 0.1) is 35.6 Å². The summed E-state index contributed by atoms with van der Waals surface area (Å²) in [6.45, 7) is 1.07. The number of esters is 1. The molecule has 1 aliphatic heterocycles. The van der Waals surface area contributed by atoms with Crippen LogP contribution in [0.1, 0.15) is 23.7 Å². The number of benzene rings is 1. The molecule has 1 aromatic carbocycles. The number of ether oxygens (including phenoxy) is 1. The van der Waals surface area contributed by atoms with Crippen LogP contribution in [0.25, 0.3) is 0 Å².